The summed E-state index contributed by atoms with van der Waals surface area (Å²) in [6.45, 7) is 2.06. The lowest BCUT2D eigenvalue weighted by Gasteiger charge is -2.10. The lowest BCUT2D eigenvalue weighted by molar-refractivity contribution is 0.631. The van der Waals surface area contributed by atoms with Crippen LogP contribution in [0.5, 0.6) is 0 Å². The Hall–Kier alpha value is -1.01. The van der Waals surface area contributed by atoms with E-state index < -0.39 is 0 Å². The highest BCUT2D eigenvalue weighted by atomic mass is 79.9. The van der Waals surface area contributed by atoms with Gasteiger partial charge in [0.2, 0.25) is 0 Å². The first-order chi connectivity index (χ1) is 9.10. The van der Waals surface area contributed by atoms with Gasteiger partial charge < -0.3 is 5.32 Å². The third kappa shape index (κ3) is 3.73. The fourth-order valence-corrected chi connectivity index (χ4v) is 2.47. The van der Waals surface area contributed by atoms with Crippen LogP contribution in [-0.2, 0) is 6.42 Å². The molecular formula is C13H12Br2FN3. The number of halogens is 3. The third-order valence-electron chi connectivity index (χ3n) is 2.43. The largest absolute Gasteiger partial charge is 0.337 e. The molecule has 2 rings (SSSR count). The number of para-hydroxylation sites is 1. The van der Waals surface area contributed by atoms with Crippen LogP contribution in [0, 0.1) is 5.82 Å². The highest BCUT2D eigenvalue weighted by Gasteiger charge is 2.09. The highest BCUT2D eigenvalue weighted by molar-refractivity contribution is 9.10. The third-order valence-corrected chi connectivity index (χ3v) is 3.50. The van der Waals surface area contributed by atoms with E-state index >= 15 is 0 Å². The van der Waals surface area contributed by atoms with Crippen LogP contribution >= 0.6 is 31.9 Å². The van der Waals surface area contributed by atoms with E-state index in [1.165, 1.54) is 6.07 Å². The summed E-state index contributed by atoms with van der Waals surface area (Å²) < 4.78 is 15.1. The lowest BCUT2D eigenvalue weighted by atomic mass is 10.3. The maximum atomic E-state index is 13.7. The van der Waals surface area contributed by atoms with Crippen molar-refractivity contribution in [1.82, 2.24) is 9.97 Å². The molecule has 1 heterocycles. The predicted molar refractivity (Wildman–Crippen MR) is 81.1 cm³/mol. The van der Waals surface area contributed by atoms with Gasteiger partial charge in [0, 0.05) is 17.0 Å². The molecule has 0 aliphatic rings. The molecule has 0 unspecified atom stereocenters. The van der Waals surface area contributed by atoms with Gasteiger partial charge in [-0.1, -0.05) is 13.0 Å². The molecule has 0 saturated heterocycles. The highest BCUT2D eigenvalue weighted by Crippen LogP contribution is 2.28. The van der Waals surface area contributed by atoms with Gasteiger partial charge in [0.1, 0.15) is 22.1 Å². The fourth-order valence-electron chi connectivity index (χ4n) is 1.61. The average molecular weight is 389 g/mol. The Morgan fingerprint density at radius 1 is 1.26 bits per heavy atom. The van der Waals surface area contributed by atoms with E-state index in [1.807, 2.05) is 0 Å². The summed E-state index contributed by atoms with van der Waals surface area (Å²) in [6, 6.07) is 6.53. The Morgan fingerprint density at radius 2 is 2.05 bits per heavy atom. The number of aryl methyl sites for hydroxylation is 1. The molecule has 1 aromatic heterocycles. The number of hydrogen-bond acceptors (Lipinski definition) is 3. The van der Waals surface area contributed by atoms with Crippen LogP contribution in [0.4, 0.5) is 15.9 Å². The zero-order chi connectivity index (χ0) is 13.8. The van der Waals surface area contributed by atoms with E-state index in [1.54, 1.807) is 18.2 Å². The van der Waals surface area contributed by atoms with Crippen molar-refractivity contribution in [3.63, 3.8) is 0 Å². The molecule has 0 fully saturated rings. The van der Waals surface area contributed by atoms with Gasteiger partial charge in [0.05, 0.1) is 5.69 Å². The van der Waals surface area contributed by atoms with E-state index in [2.05, 4.69) is 54.1 Å². The molecule has 1 aromatic carbocycles. The quantitative estimate of drug-likeness (QED) is 0.761. The molecule has 0 spiro atoms. The fraction of sp³-hybridized carbons (Fsp3) is 0.231. The van der Waals surface area contributed by atoms with Crippen LogP contribution in [0.2, 0.25) is 0 Å². The van der Waals surface area contributed by atoms with Crippen LogP contribution in [0.15, 0.2) is 33.3 Å². The van der Waals surface area contributed by atoms with Crippen molar-refractivity contribution in [2.24, 2.45) is 0 Å². The van der Waals surface area contributed by atoms with Crippen molar-refractivity contribution in [3.05, 3.63) is 45.0 Å². The SMILES string of the molecule is CCCc1nc(Br)cc(Nc2c(F)cccc2Br)n1. The Morgan fingerprint density at radius 3 is 2.74 bits per heavy atom. The van der Waals surface area contributed by atoms with E-state index in [9.17, 15) is 4.39 Å². The van der Waals surface area contributed by atoms with Crippen molar-refractivity contribution < 1.29 is 4.39 Å². The first kappa shape index (κ1) is 14.4. The van der Waals surface area contributed by atoms with Gasteiger partial charge in [-0.3, -0.25) is 0 Å². The monoisotopic (exact) mass is 387 g/mol. The summed E-state index contributed by atoms with van der Waals surface area (Å²) in [5.41, 5.74) is 0.371. The summed E-state index contributed by atoms with van der Waals surface area (Å²) in [5, 5.41) is 2.98. The van der Waals surface area contributed by atoms with Crippen LogP contribution in [-0.4, -0.2) is 9.97 Å². The number of nitrogens with zero attached hydrogens (tertiary/aromatic N) is 2. The predicted octanol–water partition coefficient (Wildman–Crippen LogP) is 4.84. The number of nitrogens with one attached hydrogen (secondary N) is 1. The molecular weight excluding hydrogens is 377 g/mol. The second kappa shape index (κ2) is 6.43. The van der Waals surface area contributed by atoms with Crippen molar-refractivity contribution in [3.8, 4) is 0 Å². The van der Waals surface area contributed by atoms with Crippen molar-refractivity contribution in [1.29, 1.82) is 0 Å². The molecule has 6 heteroatoms. The van der Waals surface area contributed by atoms with Crippen LogP contribution in [0.25, 0.3) is 0 Å². The van der Waals surface area contributed by atoms with Gasteiger partial charge in [-0.05, 0) is 50.4 Å². The summed E-state index contributed by atoms with van der Waals surface area (Å²) in [6.07, 6.45) is 1.74. The number of aromatic nitrogens is 2. The Kier molecular flexibility index (Phi) is 4.87. The molecule has 0 aliphatic heterocycles. The number of hydrogen-bond donors (Lipinski definition) is 1. The van der Waals surface area contributed by atoms with Gasteiger partial charge in [-0.15, -0.1) is 0 Å². The maximum Gasteiger partial charge on any atom is 0.147 e. The van der Waals surface area contributed by atoms with E-state index in [0.29, 0.717) is 20.6 Å². The van der Waals surface area contributed by atoms with Crippen molar-refractivity contribution >= 4 is 43.4 Å². The standard InChI is InChI=1S/C13H12Br2FN3/c1-2-4-11-17-10(15)7-12(18-11)19-13-8(14)5-3-6-9(13)16/h3,5-7H,2,4H2,1H3,(H,17,18,19). The minimum Gasteiger partial charge on any atom is -0.337 e. The normalized spacial score (nSPS) is 10.5. The molecule has 0 aliphatic carbocycles. The van der Waals surface area contributed by atoms with Gasteiger partial charge in [0.25, 0.3) is 0 Å². The first-order valence-electron chi connectivity index (χ1n) is 5.84. The number of benzene rings is 1. The van der Waals surface area contributed by atoms with Crippen LogP contribution < -0.4 is 5.32 Å². The van der Waals surface area contributed by atoms with E-state index in [-0.39, 0.29) is 5.82 Å². The summed E-state index contributed by atoms with van der Waals surface area (Å²) >= 11 is 6.65. The average Bonchev–Trinajstić information content (AvgIpc) is 2.34. The minimum absolute atomic E-state index is 0.332. The number of rotatable bonds is 4. The second-order valence-electron chi connectivity index (χ2n) is 3.96. The smallest absolute Gasteiger partial charge is 0.147 e. The Bertz CT molecular complexity index is 570. The van der Waals surface area contributed by atoms with Gasteiger partial charge in [-0.25, -0.2) is 14.4 Å². The van der Waals surface area contributed by atoms with Crippen LogP contribution in [0.1, 0.15) is 19.2 Å². The summed E-state index contributed by atoms with van der Waals surface area (Å²) in [7, 11) is 0. The number of anilines is 2. The van der Waals surface area contributed by atoms with Crippen LogP contribution in [0.3, 0.4) is 0 Å². The van der Waals surface area contributed by atoms with E-state index in [4.69, 9.17) is 0 Å². The molecule has 2 aromatic rings. The zero-order valence-electron chi connectivity index (χ0n) is 10.3. The van der Waals surface area contributed by atoms with Crippen molar-refractivity contribution in [2.75, 3.05) is 5.32 Å². The summed E-state index contributed by atoms with van der Waals surface area (Å²) in [5.74, 6) is 0.962. The molecule has 0 atom stereocenters. The van der Waals surface area contributed by atoms with Gasteiger partial charge in [-0.2, -0.15) is 0 Å². The minimum atomic E-state index is -0.332. The molecule has 100 valence electrons. The second-order valence-corrected chi connectivity index (χ2v) is 5.63. The molecule has 19 heavy (non-hydrogen) atoms. The van der Waals surface area contributed by atoms with Crippen molar-refractivity contribution in [2.45, 2.75) is 19.8 Å². The van der Waals surface area contributed by atoms with Gasteiger partial charge in [0.15, 0.2) is 0 Å². The molecule has 0 radical (unpaired) electrons. The molecule has 0 bridgehead atoms. The molecule has 3 nitrogen and oxygen atoms in total. The molecule has 0 saturated carbocycles. The Labute approximate surface area is 127 Å². The Balaban J connectivity index is 2.33. The maximum absolute atomic E-state index is 13.7. The van der Waals surface area contributed by atoms with E-state index in [0.717, 1.165) is 18.7 Å². The summed E-state index contributed by atoms with van der Waals surface area (Å²) in [4.78, 5) is 8.63. The topological polar surface area (TPSA) is 37.8 Å². The zero-order valence-corrected chi connectivity index (χ0v) is 13.4. The molecule has 0 amide bonds. The van der Waals surface area contributed by atoms with Gasteiger partial charge >= 0.3 is 0 Å². The molecule has 1 N–H and O–H groups in total. The first-order valence-corrected chi connectivity index (χ1v) is 7.43. The lowest BCUT2D eigenvalue weighted by Crippen LogP contribution is -2.02.